The van der Waals surface area contributed by atoms with Crippen LogP contribution in [-0.2, 0) is 9.53 Å². The Hall–Kier alpha value is -2.60. The third-order valence-electron chi connectivity index (χ3n) is 2.85. The number of carbonyl (C=O) groups is 2. The molecule has 0 unspecified atom stereocenters. The molecule has 0 atom stereocenters. The van der Waals surface area contributed by atoms with E-state index >= 15 is 0 Å². The van der Waals surface area contributed by atoms with Crippen molar-refractivity contribution in [2.45, 2.75) is 26.4 Å². The molecule has 6 heteroatoms. The van der Waals surface area contributed by atoms with Crippen LogP contribution in [0.25, 0.3) is 17.2 Å². The van der Waals surface area contributed by atoms with Gasteiger partial charge in [0.05, 0.1) is 5.00 Å². The maximum Gasteiger partial charge on any atom is 0.412 e. The average molecular weight is 345 g/mol. The van der Waals surface area contributed by atoms with E-state index in [0.29, 0.717) is 5.00 Å². The lowest BCUT2D eigenvalue weighted by atomic mass is 10.1. The van der Waals surface area contributed by atoms with Crippen molar-refractivity contribution >= 4 is 34.5 Å². The monoisotopic (exact) mass is 345 g/mol. The minimum atomic E-state index is -1.02. The predicted molar refractivity (Wildman–Crippen MR) is 96.3 cm³/mol. The Balaban J connectivity index is 2.31. The van der Waals surface area contributed by atoms with Gasteiger partial charge in [-0.25, -0.2) is 9.59 Å². The topological polar surface area (TPSA) is 75.6 Å². The largest absolute Gasteiger partial charge is 0.478 e. The van der Waals surface area contributed by atoms with Gasteiger partial charge < -0.3 is 9.84 Å². The van der Waals surface area contributed by atoms with E-state index in [1.165, 1.54) is 17.4 Å². The standard InChI is InChI=1S/C18H19NO4S/c1-18(2,3)23-17(22)19-15-11-13(12-7-5-4-6-8-12)14(24-15)9-10-16(20)21/h4-11H,1-3H3,(H,19,22)(H,20,21)/b10-9+. The summed E-state index contributed by atoms with van der Waals surface area (Å²) < 4.78 is 5.24. The van der Waals surface area contributed by atoms with Gasteiger partial charge >= 0.3 is 12.1 Å². The van der Waals surface area contributed by atoms with Gasteiger partial charge in [-0.2, -0.15) is 0 Å². The Kier molecular flexibility index (Phi) is 5.41. The summed E-state index contributed by atoms with van der Waals surface area (Å²) in [6, 6.07) is 11.4. The number of amides is 1. The molecule has 1 aromatic carbocycles. The molecule has 2 N–H and O–H groups in total. The van der Waals surface area contributed by atoms with Crippen LogP contribution in [0.3, 0.4) is 0 Å². The van der Waals surface area contributed by atoms with Crippen LogP contribution < -0.4 is 5.32 Å². The quantitative estimate of drug-likeness (QED) is 0.776. The molecule has 1 amide bonds. The number of aliphatic carboxylic acids is 1. The molecule has 0 saturated heterocycles. The molecular formula is C18H19NO4S. The third kappa shape index (κ3) is 5.24. The first-order chi connectivity index (χ1) is 11.2. The SMILES string of the molecule is CC(C)(C)OC(=O)Nc1cc(-c2ccccc2)c(/C=C/C(=O)O)s1. The highest BCUT2D eigenvalue weighted by atomic mass is 32.1. The second-order valence-corrected chi connectivity index (χ2v) is 7.14. The van der Waals surface area contributed by atoms with Crippen LogP contribution in [0.2, 0.25) is 0 Å². The van der Waals surface area contributed by atoms with Crippen LogP contribution in [0.5, 0.6) is 0 Å². The van der Waals surface area contributed by atoms with Crippen LogP contribution in [0.1, 0.15) is 25.6 Å². The smallest absolute Gasteiger partial charge is 0.412 e. The number of benzene rings is 1. The molecule has 0 spiro atoms. The van der Waals surface area contributed by atoms with Crippen LogP contribution in [0, 0.1) is 0 Å². The van der Waals surface area contributed by atoms with Crippen molar-refractivity contribution in [3.63, 3.8) is 0 Å². The Labute approximate surface area is 144 Å². The fraction of sp³-hybridized carbons (Fsp3) is 0.222. The number of anilines is 1. The van der Waals surface area contributed by atoms with Crippen LogP contribution in [0.4, 0.5) is 9.80 Å². The maximum atomic E-state index is 11.9. The van der Waals surface area contributed by atoms with Crippen molar-refractivity contribution < 1.29 is 19.4 Å². The lowest BCUT2D eigenvalue weighted by Gasteiger charge is -2.19. The number of nitrogens with one attached hydrogen (secondary N) is 1. The van der Waals surface area contributed by atoms with Gasteiger partial charge in [0.1, 0.15) is 5.60 Å². The highest BCUT2D eigenvalue weighted by Crippen LogP contribution is 2.36. The summed E-state index contributed by atoms with van der Waals surface area (Å²) in [5.74, 6) is -1.02. The van der Waals surface area contributed by atoms with Crippen LogP contribution in [-0.4, -0.2) is 22.8 Å². The van der Waals surface area contributed by atoms with Crippen molar-refractivity contribution in [1.29, 1.82) is 0 Å². The number of hydrogen-bond acceptors (Lipinski definition) is 4. The van der Waals surface area contributed by atoms with Gasteiger partial charge in [0.25, 0.3) is 0 Å². The van der Waals surface area contributed by atoms with Gasteiger partial charge in [-0.3, -0.25) is 5.32 Å². The second kappa shape index (κ2) is 7.31. The van der Waals surface area contributed by atoms with Gasteiger partial charge in [0, 0.05) is 16.5 Å². The van der Waals surface area contributed by atoms with E-state index in [4.69, 9.17) is 9.84 Å². The summed E-state index contributed by atoms with van der Waals surface area (Å²) in [5.41, 5.74) is 1.20. The predicted octanol–water partition coefficient (Wildman–Crippen LogP) is 4.86. The fourth-order valence-electron chi connectivity index (χ4n) is 1.99. The van der Waals surface area contributed by atoms with E-state index in [9.17, 15) is 9.59 Å². The first-order valence-electron chi connectivity index (χ1n) is 7.35. The molecule has 1 heterocycles. The van der Waals surface area contributed by atoms with Gasteiger partial charge in [-0.15, -0.1) is 11.3 Å². The van der Waals surface area contributed by atoms with E-state index in [1.807, 2.05) is 36.4 Å². The number of rotatable bonds is 4. The number of carboxylic acids is 1. The number of carbonyl (C=O) groups excluding carboxylic acids is 1. The first kappa shape index (κ1) is 17.7. The number of hydrogen-bond donors (Lipinski definition) is 2. The lowest BCUT2D eigenvalue weighted by molar-refractivity contribution is -0.131. The summed E-state index contributed by atoms with van der Waals surface area (Å²) in [4.78, 5) is 23.4. The molecule has 0 aliphatic carbocycles. The zero-order chi connectivity index (χ0) is 17.7. The van der Waals surface area contributed by atoms with Crippen LogP contribution in [0.15, 0.2) is 42.5 Å². The molecule has 2 aromatic rings. The zero-order valence-electron chi connectivity index (χ0n) is 13.7. The summed E-state index contributed by atoms with van der Waals surface area (Å²) in [6.07, 6.45) is 2.06. The first-order valence-corrected chi connectivity index (χ1v) is 8.16. The molecule has 5 nitrogen and oxygen atoms in total. The summed E-state index contributed by atoms with van der Waals surface area (Å²) in [7, 11) is 0. The molecule has 0 fully saturated rings. The average Bonchev–Trinajstić information content (AvgIpc) is 2.86. The Morgan fingerprint density at radius 3 is 2.46 bits per heavy atom. The minimum absolute atomic E-state index is 0.544. The molecular weight excluding hydrogens is 326 g/mol. The van der Waals surface area contributed by atoms with Crippen molar-refractivity contribution in [3.05, 3.63) is 47.4 Å². The van der Waals surface area contributed by atoms with E-state index in [1.54, 1.807) is 20.8 Å². The van der Waals surface area contributed by atoms with Gasteiger partial charge in [-0.05, 0) is 38.5 Å². The van der Waals surface area contributed by atoms with E-state index in [2.05, 4.69) is 5.32 Å². The van der Waals surface area contributed by atoms with E-state index in [0.717, 1.165) is 22.1 Å². The highest BCUT2D eigenvalue weighted by Gasteiger charge is 2.18. The molecule has 24 heavy (non-hydrogen) atoms. The molecule has 0 saturated carbocycles. The molecule has 0 radical (unpaired) electrons. The molecule has 0 aliphatic rings. The number of carboxylic acid groups (broad SMARTS) is 1. The molecule has 0 bridgehead atoms. The van der Waals surface area contributed by atoms with Crippen LogP contribution >= 0.6 is 11.3 Å². The maximum absolute atomic E-state index is 11.9. The Bertz CT molecular complexity index is 757. The minimum Gasteiger partial charge on any atom is -0.478 e. The number of ether oxygens (including phenoxy) is 1. The zero-order valence-corrected chi connectivity index (χ0v) is 14.5. The van der Waals surface area contributed by atoms with Gasteiger partial charge in [-0.1, -0.05) is 30.3 Å². The molecule has 1 aromatic heterocycles. The van der Waals surface area contributed by atoms with Gasteiger partial charge in [0.15, 0.2) is 0 Å². The summed E-state index contributed by atoms with van der Waals surface area (Å²) in [6.45, 7) is 5.37. The lowest BCUT2D eigenvalue weighted by Crippen LogP contribution is -2.26. The molecule has 2 rings (SSSR count). The van der Waals surface area contributed by atoms with E-state index in [-0.39, 0.29) is 0 Å². The van der Waals surface area contributed by atoms with Crippen molar-refractivity contribution in [2.24, 2.45) is 0 Å². The third-order valence-corrected chi connectivity index (χ3v) is 3.86. The highest BCUT2D eigenvalue weighted by molar-refractivity contribution is 7.17. The molecule has 0 aliphatic heterocycles. The fourth-order valence-corrected chi connectivity index (χ4v) is 2.96. The Morgan fingerprint density at radius 2 is 1.88 bits per heavy atom. The normalized spacial score (nSPS) is 11.5. The molecule has 126 valence electrons. The summed E-state index contributed by atoms with van der Waals surface area (Å²) >= 11 is 1.29. The van der Waals surface area contributed by atoms with E-state index < -0.39 is 17.7 Å². The van der Waals surface area contributed by atoms with Crippen molar-refractivity contribution in [3.8, 4) is 11.1 Å². The summed E-state index contributed by atoms with van der Waals surface area (Å²) in [5, 5.41) is 12.1. The number of thiophene rings is 1. The van der Waals surface area contributed by atoms with Crippen molar-refractivity contribution in [1.82, 2.24) is 0 Å². The van der Waals surface area contributed by atoms with Gasteiger partial charge in [0.2, 0.25) is 0 Å². The Morgan fingerprint density at radius 1 is 1.21 bits per heavy atom. The van der Waals surface area contributed by atoms with Crippen molar-refractivity contribution in [2.75, 3.05) is 5.32 Å². The second-order valence-electron chi connectivity index (χ2n) is 6.05.